The van der Waals surface area contributed by atoms with Crippen LogP contribution in [0.1, 0.15) is 12.5 Å². The average molecular weight is 305 g/mol. The first kappa shape index (κ1) is 15.0. The number of nitro benzene ring substituents is 1. The fourth-order valence-corrected chi connectivity index (χ4v) is 1.98. The van der Waals surface area contributed by atoms with Crippen LogP contribution < -0.4 is 10.4 Å². The van der Waals surface area contributed by atoms with E-state index in [9.17, 15) is 28.1 Å². The molecule has 7 nitrogen and oxygen atoms in total. The van der Waals surface area contributed by atoms with Crippen molar-refractivity contribution in [2.24, 2.45) is 0 Å². The van der Waals surface area contributed by atoms with E-state index in [-0.39, 0.29) is 12.3 Å². The Balaban J connectivity index is 2.51. The number of benzene rings is 1. The number of carbonyl (C=O) groups is 1. The minimum absolute atomic E-state index is 0.0735. The van der Waals surface area contributed by atoms with Gasteiger partial charge in [0.1, 0.15) is 5.56 Å². The monoisotopic (exact) mass is 305 g/mol. The third-order valence-corrected chi connectivity index (χ3v) is 2.90. The van der Waals surface area contributed by atoms with Gasteiger partial charge in [-0.05, 0) is 19.1 Å². The van der Waals surface area contributed by atoms with E-state index >= 15 is 0 Å². The Kier molecular flexibility index (Phi) is 3.73. The van der Waals surface area contributed by atoms with E-state index in [0.717, 1.165) is 17.0 Å². The van der Waals surface area contributed by atoms with Gasteiger partial charge in [0.15, 0.2) is 0 Å². The zero-order valence-electron chi connectivity index (χ0n) is 10.7. The number of urea groups is 1. The van der Waals surface area contributed by atoms with Crippen molar-refractivity contribution in [3.63, 3.8) is 0 Å². The molecule has 2 amide bonds. The number of nitrogens with one attached hydrogen (secondary N) is 1. The van der Waals surface area contributed by atoms with Crippen molar-refractivity contribution < 1.29 is 27.7 Å². The van der Waals surface area contributed by atoms with E-state index in [4.69, 9.17) is 4.84 Å². The summed E-state index contributed by atoms with van der Waals surface area (Å²) in [6.07, 6.45) is -4.90. The van der Waals surface area contributed by atoms with Gasteiger partial charge in [-0.25, -0.2) is 10.3 Å². The lowest BCUT2D eigenvalue weighted by Crippen LogP contribution is -2.53. The van der Waals surface area contributed by atoms with Crippen molar-refractivity contribution in [1.82, 2.24) is 5.48 Å². The van der Waals surface area contributed by atoms with Gasteiger partial charge < -0.3 is 0 Å². The van der Waals surface area contributed by atoms with E-state index in [0.29, 0.717) is 6.07 Å². The second kappa shape index (κ2) is 5.20. The van der Waals surface area contributed by atoms with Crippen LogP contribution in [0.5, 0.6) is 0 Å². The van der Waals surface area contributed by atoms with Gasteiger partial charge in [-0.15, -0.1) is 0 Å². The molecule has 0 saturated carbocycles. The second-order valence-electron chi connectivity index (χ2n) is 4.39. The Bertz CT molecular complexity index is 591. The van der Waals surface area contributed by atoms with Crippen molar-refractivity contribution in [3.8, 4) is 0 Å². The highest BCUT2D eigenvalue weighted by Gasteiger charge is 2.39. The van der Waals surface area contributed by atoms with Gasteiger partial charge in [0, 0.05) is 11.8 Å². The number of hydroxylamine groups is 1. The number of alkyl halides is 3. The van der Waals surface area contributed by atoms with Crippen LogP contribution in [0, 0.1) is 10.1 Å². The molecule has 0 spiro atoms. The molecule has 0 aromatic heterocycles. The number of anilines is 1. The van der Waals surface area contributed by atoms with Crippen molar-refractivity contribution in [1.29, 1.82) is 0 Å². The predicted molar refractivity (Wildman–Crippen MR) is 64.5 cm³/mol. The van der Waals surface area contributed by atoms with E-state index in [2.05, 4.69) is 0 Å². The minimum atomic E-state index is -4.90. The Morgan fingerprint density at radius 3 is 2.67 bits per heavy atom. The van der Waals surface area contributed by atoms with E-state index < -0.39 is 34.4 Å². The van der Waals surface area contributed by atoms with Gasteiger partial charge in [0.2, 0.25) is 0 Å². The molecule has 10 heteroatoms. The molecule has 114 valence electrons. The summed E-state index contributed by atoms with van der Waals surface area (Å²) in [5, 5.41) is 10.7. The number of amides is 2. The Hall–Kier alpha value is -2.36. The van der Waals surface area contributed by atoms with E-state index in [1.807, 2.05) is 5.48 Å². The molecule has 0 aliphatic carbocycles. The van der Waals surface area contributed by atoms with Crippen molar-refractivity contribution in [3.05, 3.63) is 33.9 Å². The highest BCUT2D eigenvalue weighted by Crippen LogP contribution is 2.38. The average Bonchev–Trinajstić information content (AvgIpc) is 2.37. The third kappa shape index (κ3) is 2.89. The summed E-state index contributed by atoms with van der Waals surface area (Å²) in [7, 11) is 0. The van der Waals surface area contributed by atoms with Crippen LogP contribution >= 0.6 is 0 Å². The summed E-state index contributed by atoms with van der Waals surface area (Å²) in [6, 6.07) is 1.15. The van der Waals surface area contributed by atoms with Crippen LogP contribution in [0.4, 0.5) is 29.3 Å². The largest absolute Gasteiger partial charge is 0.423 e. The topological polar surface area (TPSA) is 84.7 Å². The maximum Gasteiger partial charge on any atom is 0.423 e. The van der Waals surface area contributed by atoms with Crippen LogP contribution in [0.3, 0.4) is 0 Å². The number of hydrogen-bond donors (Lipinski definition) is 1. The van der Waals surface area contributed by atoms with Crippen molar-refractivity contribution in [2.75, 3.05) is 11.5 Å². The molecule has 1 saturated heterocycles. The Morgan fingerprint density at radius 2 is 2.14 bits per heavy atom. The summed E-state index contributed by atoms with van der Waals surface area (Å²) in [5.74, 6) is 0. The summed E-state index contributed by atoms with van der Waals surface area (Å²) in [4.78, 5) is 27.0. The zero-order chi connectivity index (χ0) is 15.8. The van der Waals surface area contributed by atoms with Gasteiger partial charge in [-0.3, -0.25) is 19.9 Å². The van der Waals surface area contributed by atoms with Crippen molar-refractivity contribution >= 4 is 17.4 Å². The maximum absolute atomic E-state index is 12.9. The molecule has 1 N–H and O–H groups in total. The Morgan fingerprint density at radius 1 is 1.48 bits per heavy atom. The first-order chi connectivity index (χ1) is 9.71. The molecule has 1 aliphatic rings. The van der Waals surface area contributed by atoms with Gasteiger partial charge >= 0.3 is 12.2 Å². The molecule has 1 aromatic carbocycles. The minimum Gasteiger partial charge on any atom is -0.288 e. The number of hydrogen-bond acceptors (Lipinski definition) is 4. The standard InChI is InChI=1S/C11H10F3N3O4/c1-6-5-21-15-10(18)16(6)7-2-3-9(17(19)20)8(4-7)11(12,13)14/h2-4,6H,5H2,1H3,(H,15,18). The summed E-state index contributed by atoms with van der Waals surface area (Å²) in [6.45, 7) is 1.65. The number of halogens is 3. The highest BCUT2D eigenvalue weighted by atomic mass is 19.4. The van der Waals surface area contributed by atoms with Gasteiger partial charge in [0.25, 0.3) is 5.69 Å². The molecule has 2 rings (SSSR count). The smallest absolute Gasteiger partial charge is 0.288 e. The molecule has 1 aromatic rings. The highest BCUT2D eigenvalue weighted by molar-refractivity contribution is 5.92. The van der Waals surface area contributed by atoms with E-state index in [1.54, 1.807) is 6.92 Å². The lowest BCUT2D eigenvalue weighted by atomic mass is 10.1. The molecule has 1 aliphatic heterocycles. The molecule has 1 heterocycles. The van der Waals surface area contributed by atoms with Crippen LogP contribution in [0.2, 0.25) is 0 Å². The van der Waals surface area contributed by atoms with Crippen LogP contribution in [-0.2, 0) is 11.0 Å². The number of carbonyl (C=O) groups excluding carboxylic acids is 1. The quantitative estimate of drug-likeness (QED) is 0.672. The summed E-state index contributed by atoms with van der Waals surface area (Å²) >= 11 is 0. The first-order valence-electron chi connectivity index (χ1n) is 5.78. The third-order valence-electron chi connectivity index (χ3n) is 2.90. The van der Waals surface area contributed by atoms with Crippen LogP contribution in [0.15, 0.2) is 18.2 Å². The zero-order valence-corrected chi connectivity index (χ0v) is 10.7. The van der Waals surface area contributed by atoms with Crippen LogP contribution in [0.25, 0.3) is 0 Å². The fourth-order valence-electron chi connectivity index (χ4n) is 1.98. The first-order valence-corrected chi connectivity index (χ1v) is 5.78. The summed E-state index contributed by atoms with van der Waals surface area (Å²) < 4.78 is 38.7. The van der Waals surface area contributed by atoms with E-state index in [1.165, 1.54) is 0 Å². The maximum atomic E-state index is 12.9. The molecule has 0 bridgehead atoms. The molecule has 1 atom stereocenters. The van der Waals surface area contributed by atoms with Crippen molar-refractivity contribution in [2.45, 2.75) is 19.1 Å². The van der Waals surface area contributed by atoms with Gasteiger partial charge in [-0.1, -0.05) is 0 Å². The Labute approximate surface area is 116 Å². The lowest BCUT2D eigenvalue weighted by Gasteiger charge is -2.33. The lowest BCUT2D eigenvalue weighted by molar-refractivity contribution is -0.388. The normalized spacial score (nSPS) is 19.3. The number of rotatable bonds is 2. The van der Waals surface area contributed by atoms with Gasteiger partial charge in [-0.2, -0.15) is 13.2 Å². The fraction of sp³-hybridized carbons (Fsp3) is 0.364. The second-order valence-corrected chi connectivity index (χ2v) is 4.39. The predicted octanol–water partition coefficient (Wildman–Crippen LogP) is 2.46. The molecule has 1 unspecified atom stereocenters. The summed E-state index contributed by atoms with van der Waals surface area (Å²) in [5.41, 5.74) is -0.536. The molecular weight excluding hydrogens is 295 g/mol. The molecule has 21 heavy (non-hydrogen) atoms. The van der Waals surface area contributed by atoms with Crippen LogP contribution in [-0.4, -0.2) is 23.6 Å². The molecular formula is C11H10F3N3O4. The SMILES string of the molecule is CC1CONC(=O)N1c1ccc([N+](=O)[O-])c(C(F)(F)F)c1. The molecule has 1 fully saturated rings. The molecule has 0 radical (unpaired) electrons. The number of nitro groups is 1. The number of nitrogens with zero attached hydrogens (tertiary/aromatic N) is 2. The van der Waals surface area contributed by atoms with Gasteiger partial charge in [0.05, 0.1) is 17.6 Å².